The third-order valence-corrected chi connectivity index (χ3v) is 1.25. The maximum Gasteiger partial charge on any atom is 0.0402 e. The first-order valence-corrected chi connectivity index (χ1v) is 3.26. The van der Waals surface area contributed by atoms with Gasteiger partial charge in [-0.2, -0.15) is 0 Å². The van der Waals surface area contributed by atoms with Crippen LogP contribution in [0.2, 0.25) is 0 Å². The van der Waals surface area contributed by atoms with Crippen LogP contribution in [0.3, 0.4) is 0 Å². The molecule has 0 saturated carbocycles. The summed E-state index contributed by atoms with van der Waals surface area (Å²) >= 11 is 5.62. The van der Waals surface area contributed by atoms with Crippen LogP contribution in [0.25, 0.3) is 0 Å². The van der Waals surface area contributed by atoms with Crippen molar-refractivity contribution in [2.24, 2.45) is 0 Å². The molecule has 0 unspecified atom stereocenters. The molecule has 0 aliphatic carbocycles. The molecule has 0 radical (unpaired) electrons. The number of rotatable bonds is 3. The van der Waals surface area contributed by atoms with Crippen LogP contribution in [0.5, 0.6) is 0 Å². The van der Waals surface area contributed by atoms with Crippen molar-refractivity contribution in [2.45, 2.75) is 13.3 Å². The standard InChI is InChI=1S/C8H11Cl/c1-4-7(3)6-8(9)5-2/h5-6H,2-4H2,1H3/b8-6+. The zero-order valence-corrected chi connectivity index (χ0v) is 6.41. The van der Waals surface area contributed by atoms with Crippen molar-refractivity contribution in [3.63, 3.8) is 0 Å². The van der Waals surface area contributed by atoms with E-state index >= 15 is 0 Å². The van der Waals surface area contributed by atoms with Gasteiger partial charge in [-0.25, -0.2) is 0 Å². The Labute approximate surface area is 61.5 Å². The molecule has 1 heteroatoms. The first kappa shape index (κ1) is 8.51. The Hall–Kier alpha value is -0.490. The number of hydrogen-bond donors (Lipinski definition) is 0. The molecule has 0 N–H and O–H groups in total. The van der Waals surface area contributed by atoms with Crippen LogP contribution in [0.1, 0.15) is 13.3 Å². The van der Waals surface area contributed by atoms with E-state index in [2.05, 4.69) is 13.2 Å². The lowest BCUT2D eigenvalue weighted by atomic mass is 10.2. The summed E-state index contributed by atoms with van der Waals surface area (Å²) in [7, 11) is 0. The molecule has 0 bridgehead atoms. The second kappa shape index (κ2) is 4.39. The third kappa shape index (κ3) is 4.04. The van der Waals surface area contributed by atoms with E-state index in [0.29, 0.717) is 5.03 Å². The molecule has 0 aromatic rings. The van der Waals surface area contributed by atoms with Gasteiger partial charge in [0.1, 0.15) is 0 Å². The van der Waals surface area contributed by atoms with Crippen LogP contribution >= 0.6 is 11.6 Å². The fraction of sp³-hybridized carbons (Fsp3) is 0.250. The minimum atomic E-state index is 0.654. The maximum absolute atomic E-state index is 5.62. The predicted molar refractivity (Wildman–Crippen MR) is 43.6 cm³/mol. The molecule has 0 saturated heterocycles. The number of hydrogen-bond acceptors (Lipinski definition) is 0. The quantitative estimate of drug-likeness (QED) is 0.531. The summed E-state index contributed by atoms with van der Waals surface area (Å²) in [6.45, 7) is 9.29. The van der Waals surface area contributed by atoms with Gasteiger partial charge < -0.3 is 0 Å². The molecule has 0 atom stereocenters. The highest BCUT2D eigenvalue weighted by Gasteiger charge is 1.84. The van der Waals surface area contributed by atoms with Gasteiger partial charge in [-0.1, -0.05) is 43.3 Å². The van der Waals surface area contributed by atoms with Crippen molar-refractivity contribution in [3.8, 4) is 0 Å². The van der Waals surface area contributed by atoms with Gasteiger partial charge in [0.25, 0.3) is 0 Å². The van der Waals surface area contributed by atoms with Crippen LogP contribution in [0.4, 0.5) is 0 Å². The van der Waals surface area contributed by atoms with Crippen LogP contribution in [0, 0.1) is 0 Å². The van der Waals surface area contributed by atoms with Gasteiger partial charge in [0.05, 0.1) is 0 Å². The first-order chi connectivity index (χ1) is 4.20. The Morgan fingerprint density at radius 1 is 1.67 bits per heavy atom. The summed E-state index contributed by atoms with van der Waals surface area (Å²) < 4.78 is 0. The summed E-state index contributed by atoms with van der Waals surface area (Å²) in [6.07, 6.45) is 4.35. The van der Waals surface area contributed by atoms with E-state index in [-0.39, 0.29) is 0 Å². The van der Waals surface area contributed by atoms with Crippen molar-refractivity contribution >= 4 is 11.6 Å². The van der Waals surface area contributed by atoms with Crippen LogP contribution in [-0.2, 0) is 0 Å². The highest BCUT2D eigenvalue weighted by Crippen LogP contribution is 2.07. The lowest BCUT2D eigenvalue weighted by Gasteiger charge is -1.91. The van der Waals surface area contributed by atoms with Crippen molar-refractivity contribution in [1.82, 2.24) is 0 Å². The van der Waals surface area contributed by atoms with E-state index in [1.54, 1.807) is 6.08 Å². The van der Waals surface area contributed by atoms with Gasteiger partial charge in [0.15, 0.2) is 0 Å². The second-order valence-corrected chi connectivity index (χ2v) is 2.18. The minimum absolute atomic E-state index is 0.654. The monoisotopic (exact) mass is 142 g/mol. The van der Waals surface area contributed by atoms with E-state index in [4.69, 9.17) is 11.6 Å². The van der Waals surface area contributed by atoms with Crippen molar-refractivity contribution in [1.29, 1.82) is 0 Å². The Kier molecular flexibility index (Phi) is 4.16. The van der Waals surface area contributed by atoms with Crippen molar-refractivity contribution in [3.05, 3.63) is 35.9 Å². The molecule has 0 aliphatic heterocycles. The third-order valence-electron chi connectivity index (χ3n) is 0.991. The highest BCUT2D eigenvalue weighted by molar-refractivity contribution is 6.31. The van der Waals surface area contributed by atoms with Gasteiger partial charge in [0, 0.05) is 5.03 Å². The van der Waals surface area contributed by atoms with Crippen LogP contribution < -0.4 is 0 Å². The average Bonchev–Trinajstić information content (AvgIpc) is 1.87. The molecule has 0 amide bonds. The van der Waals surface area contributed by atoms with E-state index in [1.807, 2.05) is 13.0 Å². The first-order valence-electron chi connectivity index (χ1n) is 2.88. The lowest BCUT2D eigenvalue weighted by Crippen LogP contribution is -1.70. The van der Waals surface area contributed by atoms with E-state index in [9.17, 15) is 0 Å². The lowest BCUT2D eigenvalue weighted by molar-refractivity contribution is 1.16. The van der Waals surface area contributed by atoms with Crippen LogP contribution in [0.15, 0.2) is 35.9 Å². The Bertz CT molecular complexity index is 143. The summed E-state index contributed by atoms with van der Waals surface area (Å²) in [5, 5.41) is 0.654. The van der Waals surface area contributed by atoms with E-state index in [1.165, 1.54) is 0 Å². The topological polar surface area (TPSA) is 0 Å². The smallest absolute Gasteiger partial charge is 0.0402 e. The van der Waals surface area contributed by atoms with Gasteiger partial charge in [-0.3, -0.25) is 0 Å². The van der Waals surface area contributed by atoms with Gasteiger partial charge in [-0.15, -0.1) is 0 Å². The summed E-state index contributed by atoms with van der Waals surface area (Å²) in [6, 6.07) is 0. The minimum Gasteiger partial charge on any atom is -0.0976 e. The predicted octanol–water partition coefficient (Wildman–Crippen LogP) is 3.26. The zero-order valence-electron chi connectivity index (χ0n) is 5.65. The molecule has 0 fully saturated rings. The number of allylic oxidation sites excluding steroid dienone is 4. The van der Waals surface area contributed by atoms with Gasteiger partial charge >= 0.3 is 0 Å². The molecule has 50 valence electrons. The fourth-order valence-corrected chi connectivity index (χ4v) is 0.510. The largest absolute Gasteiger partial charge is 0.0976 e. The fourth-order valence-electron chi connectivity index (χ4n) is 0.356. The molecular weight excluding hydrogens is 132 g/mol. The zero-order chi connectivity index (χ0) is 7.28. The average molecular weight is 143 g/mol. The summed E-state index contributed by atoms with van der Waals surface area (Å²) in [4.78, 5) is 0. The van der Waals surface area contributed by atoms with Gasteiger partial charge in [-0.05, 0) is 12.5 Å². The molecule has 0 heterocycles. The molecule has 0 aromatic carbocycles. The second-order valence-electron chi connectivity index (χ2n) is 1.75. The Balaban J connectivity index is 3.94. The Morgan fingerprint density at radius 2 is 2.22 bits per heavy atom. The molecule has 0 rings (SSSR count). The number of halogens is 1. The molecule has 0 spiro atoms. The van der Waals surface area contributed by atoms with Crippen molar-refractivity contribution < 1.29 is 0 Å². The highest BCUT2D eigenvalue weighted by atomic mass is 35.5. The van der Waals surface area contributed by atoms with Crippen molar-refractivity contribution in [2.75, 3.05) is 0 Å². The van der Waals surface area contributed by atoms with E-state index < -0.39 is 0 Å². The van der Waals surface area contributed by atoms with Crippen LogP contribution in [-0.4, -0.2) is 0 Å². The molecule has 0 aromatic heterocycles. The van der Waals surface area contributed by atoms with E-state index in [0.717, 1.165) is 12.0 Å². The molecular formula is C8H11Cl. The molecule has 0 nitrogen and oxygen atoms in total. The van der Waals surface area contributed by atoms with Gasteiger partial charge in [0.2, 0.25) is 0 Å². The Morgan fingerprint density at radius 3 is 2.56 bits per heavy atom. The maximum atomic E-state index is 5.62. The molecule has 9 heavy (non-hydrogen) atoms. The SMILES string of the molecule is C=C/C(Cl)=C\C(=C)CC. The summed E-state index contributed by atoms with van der Waals surface area (Å²) in [5.41, 5.74) is 1.03. The normalized spacial score (nSPS) is 11.1. The molecule has 0 aliphatic rings. The summed E-state index contributed by atoms with van der Waals surface area (Å²) in [5.74, 6) is 0.